The summed E-state index contributed by atoms with van der Waals surface area (Å²) in [6.45, 7) is 3.96. The number of carbonyl (C=O) groups excluding carboxylic acids is 2. The molecule has 0 heterocycles. The van der Waals surface area contributed by atoms with Crippen LogP contribution in [0.2, 0.25) is 0 Å². The van der Waals surface area contributed by atoms with Crippen LogP contribution in [0.5, 0.6) is 0 Å². The third kappa shape index (κ3) is 16.8. The fraction of sp³-hybridized carbons (Fsp3) is 0.867. The molecule has 0 aromatic heterocycles. The summed E-state index contributed by atoms with van der Waals surface area (Å²) in [6.07, 6.45) is 3.19. The molecule has 0 aliphatic heterocycles. The van der Waals surface area contributed by atoms with Crippen molar-refractivity contribution < 1.29 is 19.1 Å². The summed E-state index contributed by atoms with van der Waals surface area (Å²) in [5.41, 5.74) is 0. The Balaban J connectivity index is 0. The fourth-order valence-corrected chi connectivity index (χ4v) is 1.14. The second kappa shape index (κ2) is 15.3. The largest absolute Gasteiger partial charge is 0.384 e. The Morgan fingerprint density at radius 3 is 1.71 bits per heavy atom. The molecule has 0 spiro atoms. The summed E-state index contributed by atoms with van der Waals surface area (Å²) < 4.78 is 9.96. The van der Waals surface area contributed by atoms with E-state index in [0.29, 0.717) is 26.1 Å². The van der Waals surface area contributed by atoms with E-state index in [2.05, 4.69) is 6.92 Å². The van der Waals surface area contributed by atoms with Gasteiger partial charge in [0.05, 0.1) is 26.1 Å². The molecule has 126 valence electrons. The number of amides is 2. The van der Waals surface area contributed by atoms with Crippen molar-refractivity contribution in [2.75, 3.05) is 55.1 Å². The molecular formula is C15H32N2O4. The summed E-state index contributed by atoms with van der Waals surface area (Å²) in [4.78, 5) is 24.9. The van der Waals surface area contributed by atoms with Gasteiger partial charge in [-0.25, -0.2) is 0 Å². The molecule has 0 aromatic rings. The van der Waals surface area contributed by atoms with E-state index in [1.54, 1.807) is 45.1 Å². The first-order chi connectivity index (χ1) is 9.86. The maximum atomic E-state index is 11.0. The highest BCUT2D eigenvalue weighted by Crippen LogP contribution is 1.92. The Bertz CT molecular complexity index is 268. The molecular weight excluding hydrogens is 272 g/mol. The molecule has 0 saturated carbocycles. The van der Waals surface area contributed by atoms with Gasteiger partial charge in [-0.3, -0.25) is 9.59 Å². The van der Waals surface area contributed by atoms with Gasteiger partial charge in [-0.2, -0.15) is 0 Å². The van der Waals surface area contributed by atoms with E-state index >= 15 is 0 Å². The molecule has 0 aliphatic rings. The molecule has 0 unspecified atom stereocenters. The van der Waals surface area contributed by atoms with E-state index in [9.17, 15) is 9.59 Å². The van der Waals surface area contributed by atoms with E-state index in [4.69, 9.17) is 9.47 Å². The standard InChI is InChI=1S/C9H19NO2.C6H13NO2/c1-4-5-7-12-8-6-9(11)10(2)3;1-7(2)6(8)4-5-9-3/h4-8H2,1-3H3;4-5H2,1-3H3. The van der Waals surface area contributed by atoms with Gasteiger partial charge in [0, 0.05) is 41.9 Å². The van der Waals surface area contributed by atoms with Crippen LogP contribution in [0, 0.1) is 0 Å². The highest BCUT2D eigenvalue weighted by molar-refractivity contribution is 5.75. The topological polar surface area (TPSA) is 59.1 Å². The van der Waals surface area contributed by atoms with Gasteiger partial charge in [-0.05, 0) is 6.42 Å². The molecule has 0 bridgehead atoms. The van der Waals surface area contributed by atoms with Gasteiger partial charge in [-0.15, -0.1) is 0 Å². The number of methoxy groups -OCH3 is 1. The van der Waals surface area contributed by atoms with Gasteiger partial charge in [0.2, 0.25) is 11.8 Å². The first-order valence-corrected chi connectivity index (χ1v) is 7.33. The number of hydrogen-bond acceptors (Lipinski definition) is 4. The molecule has 0 atom stereocenters. The monoisotopic (exact) mass is 304 g/mol. The minimum Gasteiger partial charge on any atom is -0.384 e. The van der Waals surface area contributed by atoms with Crippen LogP contribution < -0.4 is 0 Å². The summed E-state index contributed by atoms with van der Waals surface area (Å²) in [6, 6.07) is 0. The Labute approximate surface area is 129 Å². The predicted molar refractivity (Wildman–Crippen MR) is 84.2 cm³/mol. The molecule has 0 rings (SSSR count). The molecule has 21 heavy (non-hydrogen) atoms. The number of hydrogen-bond donors (Lipinski definition) is 0. The normalized spacial score (nSPS) is 9.62. The quantitative estimate of drug-likeness (QED) is 0.604. The zero-order valence-corrected chi connectivity index (χ0v) is 14.5. The molecule has 6 heteroatoms. The van der Waals surface area contributed by atoms with Gasteiger partial charge in [0.1, 0.15) is 0 Å². The van der Waals surface area contributed by atoms with E-state index < -0.39 is 0 Å². The summed E-state index contributed by atoms with van der Waals surface area (Å²) in [5.74, 6) is 0.239. The molecule has 0 N–H and O–H groups in total. The SMILES string of the molecule is CCCCOCCC(=O)N(C)C.COCCC(=O)N(C)C. The lowest BCUT2D eigenvalue weighted by Gasteiger charge is -2.09. The number of carbonyl (C=O) groups is 2. The van der Waals surface area contributed by atoms with Gasteiger partial charge in [0.25, 0.3) is 0 Å². The maximum absolute atomic E-state index is 11.0. The summed E-state index contributed by atoms with van der Waals surface area (Å²) >= 11 is 0. The van der Waals surface area contributed by atoms with Crippen LogP contribution in [0.1, 0.15) is 32.6 Å². The third-order valence-corrected chi connectivity index (χ3v) is 2.62. The number of ether oxygens (including phenoxy) is 2. The van der Waals surface area contributed by atoms with Crippen LogP contribution in [0.3, 0.4) is 0 Å². The highest BCUT2D eigenvalue weighted by atomic mass is 16.5. The van der Waals surface area contributed by atoms with Crippen LogP contribution in [-0.4, -0.2) is 76.7 Å². The van der Waals surface area contributed by atoms with Crippen LogP contribution >= 0.6 is 0 Å². The van der Waals surface area contributed by atoms with E-state index in [0.717, 1.165) is 19.4 Å². The molecule has 0 radical (unpaired) electrons. The molecule has 6 nitrogen and oxygen atoms in total. The fourth-order valence-electron chi connectivity index (χ4n) is 1.14. The van der Waals surface area contributed by atoms with Crippen LogP contribution in [0.25, 0.3) is 0 Å². The first-order valence-electron chi connectivity index (χ1n) is 7.33. The lowest BCUT2D eigenvalue weighted by molar-refractivity contribution is -0.130. The molecule has 0 saturated heterocycles. The zero-order valence-electron chi connectivity index (χ0n) is 14.5. The van der Waals surface area contributed by atoms with Gasteiger partial charge in [-0.1, -0.05) is 13.3 Å². The molecule has 0 aromatic carbocycles. The molecule has 0 fully saturated rings. The van der Waals surface area contributed by atoms with Crippen molar-refractivity contribution in [1.82, 2.24) is 9.80 Å². The van der Waals surface area contributed by atoms with Crippen LogP contribution in [0.15, 0.2) is 0 Å². The smallest absolute Gasteiger partial charge is 0.224 e. The van der Waals surface area contributed by atoms with Gasteiger partial charge in [0.15, 0.2) is 0 Å². The average molecular weight is 304 g/mol. The van der Waals surface area contributed by atoms with Crippen molar-refractivity contribution >= 4 is 11.8 Å². The first kappa shape index (κ1) is 22.1. The van der Waals surface area contributed by atoms with Gasteiger partial charge < -0.3 is 19.3 Å². The third-order valence-electron chi connectivity index (χ3n) is 2.62. The summed E-state index contributed by atoms with van der Waals surface area (Å²) in [5, 5.41) is 0. The Morgan fingerprint density at radius 2 is 1.33 bits per heavy atom. The zero-order chi connectivity index (χ0) is 16.7. The van der Waals surface area contributed by atoms with Crippen molar-refractivity contribution in [3.8, 4) is 0 Å². The van der Waals surface area contributed by atoms with Crippen molar-refractivity contribution in [2.45, 2.75) is 32.6 Å². The number of nitrogens with zero attached hydrogens (tertiary/aromatic N) is 2. The van der Waals surface area contributed by atoms with Crippen LogP contribution in [-0.2, 0) is 19.1 Å². The minimum atomic E-state index is 0.108. The van der Waals surface area contributed by atoms with E-state index in [-0.39, 0.29) is 11.8 Å². The number of rotatable bonds is 9. The molecule has 2 amide bonds. The summed E-state index contributed by atoms with van der Waals surface area (Å²) in [7, 11) is 8.57. The second-order valence-electron chi connectivity index (χ2n) is 5.04. The lowest BCUT2D eigenvalue weighted by atomic mass is 10.3. The van der Waals surface area contributed by atoms with Crippen molar-refractivity contribution in [1.29, 1.82) is 0 Å². The Hall–Kier alpha value is -1.14. The second-order valence-corrected chi connectivity index (χ2v) is 5.04. The minimum absolute atomic E-state index is 0.108. The van der Waals surface area contributed by atoms with Gasteiger partial charge >= 0.3 is 0 Å². The van der Waals surface area contributed by atoms with Crippen LogP contribution in [0.4, 0.5) is 0 Å². The maximum Gasteiger partial charge on any atom is 0.224 e. The number of unbranched alkanes of at least 4 members (excludes halogenated alkanes) is 1. The van der Waals surface area contributed by atoms with E-state index in [1.165, 1.54) is 0 Å². The Morgan fingerprint density at radius 1 is 0.857 bits per heavy atom. The van der Waals surface area contributed by atoms with E-state index in [1.807, 2.05) is 0 Å². The lowest BCUT2D eigenvalue weighted by Crippen LogP contribution is -2.22. The van der Waals surface area contributed by atoms with Crippen molar-refractivity contribution in [3.05, 3.63) is 0 Å². The average Bonchev–Trinajstić information content (AvgIpc) is 2.44. The predicted octanol–water partition coefficient (Wildman–Crippen LogP) is 1.39. The van der Waals surface area contributed by atoms with Crippen molar-refractivity contribution in [2.24, 2.45) is 0 Å². The van der Waals surface area contributed by atoms with Crippen molar-refractivity contribution in [3.63, 3.8) is 0 Å². The highest BCUT2D eigenvalue weighted by Gasteiger charge is 2.02. The molecule has 0 aliphatic carbocycles. The Kier molecular flexibility index (Phi) is 16.1.